The number of rotatable bonds is 7. The Kier molecular flexibility index (Phi) is 6.33. The van der Waals surface area contributed by atoms with Gasteiger partial charge in [0, 0.05) is 6.54 Å². The van der Waals surface area contributed by atoms with E-state index in [4.69, 9.17) is 0 Å². The van der Waals surface area contributed by atoms with Gasteiger partial charge in [-0.1, -0.05) is 30.3 Å². The van der Waals surface area contributed by atoms with Crippen molar-refractivity contribution in [2.24, 2.45) is 0 Å². The maximum Gasteiger partial charge on any atom is 0.182 e. The van der Waals surface area contributed by atoms with Crippen LogP contribution >= 0.6 is 0 Å². The molecule has 0 radical (unpaired) electrons. The lowest BCUT2D eigenvalue weighted by Gasteiger charge is -2.32. The molecule has 0 saturated carbocycles. The molecule has 1 saturated heterocycles. The van der Waals surface area contributed by atoms with Gasteiger partial charge in [0.15, 0.2) is 9.84 Å². The average Bonchev–Trinajstić information content (AvgIpc) is 2.67. The molecule has 1 atom stereocenters. The van der Waals surface area contributed by atoms with Crippen LogP contribution in [-0.4, -0.2) is 43.3 Å². The molecular weight excluding hydrogens is 346 g/mol. The van der Waals surface area contributed by atoms with Crippen molar-refractivity contribution in [2.45, 2.75) is 42.2 Å². The van der Waals surface area contributed by atoms with E-state index in [-0.39, 0.29) is 11.0 Å². The van der Waals surface area contributed by atoms with Gasteiger partial charge in [0.25, 0.3) is 0 Å². The van der Waals surface area contributed by atoms with E-state index in [0.29, 0.717) is 17.9 Å². The van der Waals surface area contributed by atoms with Gasteiger partial charge < -0.3 is 10.0 Å². The summed E-state index contributed by atoms with van der Waals surface area (Å²) in [6.45, 7) is 2.54. The van der Waals surface area contributed by atoms with Crippen LogP contribution in [-0.2, 0) is 16.3 Å². The number of hydrogen-bond acceptors (Lipinski definition) is 4. The Morgan fingerprint density at radius 1 is 1.00 bits per heavy atom. The maximum absolute atomic E-state index is 12.9. The van der Waals surface area contributed by atoms with E-state index < -0.39 is 9.84 Å². The first kappa shape index (κ1) is 18.9. The smallest absolute Gasteiger partial charge is 0.182 e. The Morgan fingerprint density at radius 2 is 1.73 bits per heavy atom. The van der Waals surface area contributed by atoms with Gasteiger partial charge in [-0.15, -0.1) is 0 Å². The highest BCUT2D eigenvalue weighted by Gasteiger charge is 2.31. The Hall–Kier alpha value is -1.85. The number of benzene rings is 2. The summed E-state index contributed by atoms with van der Waals surface area (Å²) in [7, 11) is -3.34. The second kappa shape index (κ2) is 8.69. The fourth-order valence-corrected chi connectivity index (χ4v) is 5.39. The molecule has 1 heterocycles. The molecule has 5 heteroatoms. The molecule has 2 aromatic rings. The van der Waals surface area contributed by atoms with Crippen molar-refractivity contribution >= 4 is 9.84 Å². The molecule has 0 aliphatic carbocycles. The van der Waals surface area contributed by atoms with Gasteiger partial charge in [-0.3, -0.25) is 0 Å². The van der Waals surface area contributed by atoms with Crippen LogP contribution < -0.4 is 0 Å². The van der Waals surface area contributed by atoms with Gasteiger partial charge in [-0.25, -0.2) is 8.42 Å². The van der Waals surface area contributed by atoms with E-state index in [0.717, 1.165) is 38.8 Å². The van der Waals surface area contributed by atoms with Crippen molar-refractivity contribution in [1.82, 2.24) is 4.90 Å². The molecule has 1 N–H and O–H groups in total. The minimum Gasteiger partial charge on any atom is -0.508 e. The number of aromatic hydroxyl groups is 1. The topological polar surface area (TPSA) is 57.6 Å². The molecule has 1 aliphatic heterocycles. The van der Waals surface area contributed by atoms with Gasteiger partial charge in [0.1, 0.15) is 5.75 Å². The molecule has 26 heavy (non-hydrogen) atoms. The molecule has 140 valence electrons. The monoisotopic (exact) mass is 373 g/mol. The standard InChI is InChI=1S/C21H27NO3S/c23-19-11-13-20(14-12-19)26(24,25)21-10-6-16-22(17-21)15-5-4-9-18-7-2-1-3-8-18/h1-3,7-8,11-14,21,23H,4-6,9-10,15-17H2. The number of sulfone groups is 1. The van der Waals surface area contributed by atoms with Crippen LogP contribution in [0.25, 0.3) is 0 Å². The third kappa shape index (κ3) is 4.86. The van der Waals surface area contributed by atoms with Gasteiger partial charge >= 0.3 is 0 Å². The summed E-state index contributed by atoms with van der Waals surface area (Å²) in [6.07, 6.45) is 4.91. The van der Waals surface area contributed by atoms with E-state index in [1.807, 2.05) is 6.07 Å². The highest BCUT2D eigenvalue weighted by atomic mass is 32.2. The van der Waals surface area contributed by atoms with Crippen LogP contribution in [0.5, 0.6) is 5.75 Å². The second-order valence-electron chi connectivity index (χ2n) is 7.05. The summed E-state index contributed by atoms with van der Waals surface area (Å²) in [5.74, 6) is 0.0904. The summed E-state index contributed by atoms with van der Waals surface area (Å²) in [4.78, 5) is 2.60. The fourth-order valence-electron chi connectivity index (χ4n) is 3.61. The molecule has 3 rings (SSSR count). The van der Waals surface area contributed by atoms with Crippen LogP contribution in [0.4, 0.5) is 0 Å². The predicted molar refractivity (Wildman–Crippen MR) is 104 cm³/mol. The van der Waals surface area contributed by atoms with Crippen LogP contribution in [0.3, 0.4) is 0 Å². The number of nitrogens with zero attached hydrogens (tertiary/aromatic N) is 1. The zero-order valence-corrected chi connectivity index (χ0v) is 15.9. The number of hydrogen-bond donors (Lipinski definition) is 1. The van der Waals surface area contributed by atoms with E-state index in [1.165, 1.54) is 29.8 Å². The molecule has 1 fully saturated rings. The number of aryl methyl sites for hydroxylation is 1. The van der Waals surface area contributed by atoms with Crippen molar-refractivity contribution in [2.75, 3.05) is 19.6 Å². The lowest BCUT2D eigenvalue weighted by Crippen LogP contribution is -2.42. The lowest BCUT2D eigenvalue weighted by atomic mass is 10.1. The van der Waals surface area contributed by atoms with E-state index >= 15 is 0 Å². The van der Waals surface area contributed by atoms with Gasteiger partial charge in [0.2, 0.25) is 0 Å². The quantitative estimate of drug-likeness (QED) is 0.753. The first-order chi connectivity index (χ1) is 12.6. The van der Waals surface area contributed by atoms with Crippen molar-refractivity contribution in [3.63, 3.8) is 0 Å². The molecule has 4 nitrogen and oxygen atoms in total. The lowest BCUT2D eigenvalue weighted by molar-refractivity contribution is 0.226. The van der Waals surface area contributed by atoms with Crippen molar-refractivity contribution in [1.29, 1.82) is 0 Å². The number of phenolic OH excluding ortho intramolecular Hbond substituents is 1. The second-order valence-corrected chi connectivity index (χ2v) is 9.27. The van der Waals surface area contributed by atoms with Crippen molar-refractivity contribution in [3.05, 3.63) is 60.2 Å². The Bertz CT molecular complexity index is 788. The normalized spacial score (nSPS) is 18.7. The summed E-state index contributed by atoms with van der Waals surface area (Å²) in [5, 5.41) is 9.02. The highest BCUT2D eigenvalue weighted by Crippen LogP contribution is 2.25. The number of piperidine rings is 1. The van der Waals surface area contributed by atoms with E-state index in [1.54, 1.807) is 0 Å². The first-order valence-electron chi connectivity index (χ1n) is 9.35. The molecule has 0 bridgehead atoms. The zero-order valence-electron chi connectivity index (χ0n) is 15.0. The number of unbranched alkanes of at least 4 members (excludes halogenated alkanes) is 1. The summed E-state index contributed by atoms with van der Waals surface area (Å²) >= 11 is 0. The van der Waals surface area contributed by atoms with Gasteiger partial charge in [-0.05, 0) is 75.0 Å². The molecule has 0 aromatic heterocycles. The molecule has 1 unspecified atom stereocenters. The van der Waals surface area contributed by atoms with E-state index in [2.05, 4.69) is 29.2 Å². The predicted octanol–water partition coefficient (Wildman–Crippen LogP) is 3.65. The molecular formula is C21H27NO3S. The minimum atomic E-state index is -3.34. The SMILES string of the molecule is O=S(=O)(c1ccc(O)cc1)C1CCCN(CCCCc2ccccc2)C1. The third-order valence-electron chi connectivity index (χ3n) is 5.10. The number of likely N-dealkylation sites (tertiary alicyclic amines) is 1. The van der Waals surface area contributed by atoms with E-state index in [9.17, 15) is 13.5 Å². The largest absolute Gasteiger partial charge is 0.508 e. The third-order valence-corrected chi connectivity index (χ3v) is 7.29. The molecule has 0 spiro atoms. The van der Waals surface area contributed by atoms with Crippen LogP contribution in [0.15, 0.2) is 59.5 Å². The molecule has 0 amide bonds. The van der Waals surface area contributed by atoms with Crippen LogP contribution in [0, 0.1) is 0 Å². The summed E-state index contributed by atoms with van der Waals surface area (Å²) in [5.41, 5.74) is 1.36. The van der Waals surface area contributed by atoms with Gasteiger partial charge in [-0.2, -0.15) is 0 Å². The first-order valence-corrected chi connectivity index (χ1v) is 10.9. The van der Waals surface area contributed by atoms with Crippen molar-refractivity contribution in [3.8, 4) is 5.75 Å². The number of phenols is 1. The Labute approximate surface area is 156 Å². The van der Waals surface area contributed by atoms with Crippen LogP contribution in [0.1, 0.15) is 31.2 Å². The minimum absolute atomic E-state index is 0.0904. The Morgan fingerprint density at radius 3 is 2.46 bits per heavy atom. The molecule has 2 aromatic carbocycles. The van der Waals surface area contributed by atoms with Crippen molar-refractivity contribution < 1.29 is 13.5 Å². The maximum atomic E-state index is 12.9. The Balaban J connectivity index is 1.51. The van der Waals surface area contributed by atoms with Gasteiger partial charge in [0.05, 0.1) is 10.1 Å². The summed E-state index contributed by atoms with van der Waals surface area (Å²) in [6, 6.07) is 16.4. The highest BCUT2D eigenvalue weighted by molar-refractivity contribution is 7.92. The molecule has 1 aliphatic rings. The van der Waals surface area contributed by atoms with Crippen LogP contribution in [0.2, 0.25) is 0 Å². The zero-order chi connectivity index (χ0) is 18.4. The fraction of sp³-hybridized carbons (Fsp3) is 0.429. The summed E-state index contributed by atoms with van der Waals surface area (Å²) < 4.78 is 25.7. The average molecular weight is 374 g/mol.